The Morgan fingerprint density at radius 2 is 1.89 bits per heavy atom. The maximum absolute atomic E-state index is 13.6. The van der Waals surface area contributed by atoms with E-state index in [1.807, 2.05) is 6.07 Å². The van der Waals surface area contributed by atoms with Gasteiger partial charge in [-0.3, -0.25) is 9.36 Å². The van der Waals surface area contributed by atoms with Crippen molar-refractivity contribution in [2.24, 2.45) is 7.05 Å². The van der Waals surface area contributed by atoms with Gasteiger partial charge >= 0.3 is 0 Å². The van der Waals surface area contributed by atoms with Gasteiger partial charge in [0, 0.05) is 44.1 Å². The third-order valence-electron chi connectivity index (χ3n) is 5.59. The summed E-state index contributed by atoms with van der Waals surface area (Å²) < 4.78 is 15.2. The topological polar surface area (TPSA) is 67.2 Å². The molecule has 2 fully saturated rings. The minimum atomic E-state index is -0.223. The van der Waals surface area contributed by atoms with Crippen molar-refractivity contribution in [2.75, 3.05) is 22.9 Å². The summed E-state index contributed by atoms with van der Waals surface area (Å²) >= 11 is 0. The predicted octanol–water partition coefficient (Wildman–Crippen LogP) is 1.84. The maximum Gasteiger partial charge on any atom is 0.255 e. The Kier molecular flexibility index (Phi) is 3.85. The quantitative estimate of drug-likeness (QED) is 0.693. The molecule has 1 unspecified atom stereocenters. The van der Waals surface area contributed by atoms with E-state index in [0.717, 1.165) is 25.2 Å². The zero-order chi connectivity index (χ0) is 19.3. The van der Waals surface area contributed by atoms with Crippen LogP contribution in [0, 0.1) is 5.82 Å². The van der Waals surface area contributed by atoms with Gasteiger partial charge in [-0.15, -0.1) is 0 Å². The molecule has 0 spiro atoms. The molecule has 0 saturated carbocycles. The number of benzene rings is 1. The first-order valence-electron chi connectivity index (χ1n) is 9.23. The molecule has 5 rings (SSSR count). The minimum absolute atomic E-state index is 0.122. The highest BCUT2D eigenvalue weighted by Crippen LogP contribution is 2.36. The van der Waals surface area contributed by atoms with E-state index in [1.165, 1.54) is 18.5 Å². The van der Waals surface area contributed by atoms with E-state index in [-0.39, 0.29) is 23.5 Å². The summed E-state index contributed by atoms with van der Waals surface area (Å²) in [6, 6.07) is 10.5. The second kappa shape index (κ2) is 6.40. The van der Waals surface area contributed by atoms with E-state index in [2.05, 4.69) is 19.8 Å². The molecule has 8 heteroatoms. The SMILES string of the molecule is Cn1c(N2CC3C[C@@H]2CN3c2cccc(F)c2)nc(-c2ccncn2)cc1=O. The van der Waals surface area contributed by atoms with E-state index in [9.17, 15) is 9.18 Å². The molecule has 142 valence electrons. The monoisotopic (exact) mass is 378 g/mol. The molecular weight excluding hydrogens is 359 g/mol. The largest absolute Gasteiger partial charge is 0.365 e. The Morgan fingerprint density at radius 1 is 1.07 bits per heavy atom. The van der Waals surface area contributed by atoms with Crippen LogP contribution in [0.1, 0.15) is 6.42 Å². The average Bonchev–Trinajstić information content (AvgIpc) is 3.31. The number of nitrogens with zero attached hydrogens (tertiary/aromatic N) is 6. The molecule has 2 saturated heterocycles. The summed E-state index contributed by atoms with van der Waals surface area (Å²) in [6.07, 6.45) is 4.04. The highest BCUT2D eigenvalue weighted by Gasteiger charge is 2.44. The fourth-order valence-electron chi connectivity index (χ4n) is 4.24. The molecule has 2 aliphatic rings. The van der Waals surface area contributed by atoms with Gasteiger partial charge in [-0.05, 0) is 30.7 Å². The van der Waals surface area contributed by atoms with Crippen molar-refractivity contribution >= 4 is 11.6 Å². The van der Waals surface area contributed by atoms with Gasteiger partial charge in [0.25, 0.3) is 5.56 Å². The maximum atomic E-state index is 13.6. The zero-order valence-corrected chi connectivity index (χ0v) is 15.4. The molecule has 0 N–H and O–H groups in total. The summed E-state index contributed by atoms with van der Waals surface area (Å²) in [5.74, 6) is 0.422. The van der Waals surface area contributed by atoms with Crippen molar-refractivity contribution in [1.82, 2.24) is 19.5 Å². The summed E-state index contributed by atoms with van der Waals surface area (Å²) in [5.41, 5.74) is 1.96. The second-order valence-electron chi connectivity index (χ2n) is 7.26. The Balaban J connectivity index is 1.46. The van der Waals surface area contributed by atoms with Gasteiger partial charge in [-0.1, -0.05) is 6.07 Å². The van der Waals surface area contributed by atoms with Crippen LogP contribution in [-0.4, -0.2) is 44.7 Å². The molecule has 28 heavy (non-hydrogen) atoms. The van der Waals surface area contributed by atoms with Crippen LogP contribution in [-0.2, 0) is 7.05 Å². The van der Waals surface area contributed by atoms with Gasteiger partial charge < -0.3 is 9.80 Å². The molecule has 2 aromatic heterocycles. The van der Waals surface area contributed by atoms with Crippen molar-refractivity contribution in [3.05, 3.63) is 65.1 Å². The van der Waals surface area contributed by atoms with Gasteiger partial charge in [0.2, 0.25) is 5.95 Å². The molecule has 0 radical (unpaired) electrons. The fraction of sp³-hybridized carbons (Fsp3) is 0.300. The Morgan fingerprint density at radius 3 is 2.61 bits per heavy atom. The summed E-state index contributed by atoms with van der Waals surface area (Å²) in [5, 5.41) is 0. The fourth-order valence-corrected chi connectivity index (χ4v) is 4.24. The summed E-state index contributed by atoms with van der Waals surface area (Å²) in [4.78, 5) is 29.8. The number of hydrogen-bond donors (Lipinski definition) is 0. The molecule has 2 aliphatic heterocycles. The van der Waals surface area contributed by atoms with Crippen LogP contribution in [0.3, 0.4) is 0 Å². The molecular formula is C20H19FN6O. The van der Waals surface area contributed by atoms with Gasteiger partial charge in [0.15, 0.2) is 0 Å². The standard InChI is InChI=1S/C20H19FN6O/c1-25-19(28)9-18(17-5-6-22-12-23-17)24-20(25)27-11-15-8-16(27)10-26(15)14-4-2-3-13(21)7-14/h2-7,9,12,15-16H,8,10-11H2,1H3/t15?,16-/m1/s1. The van der Waals surface area contributed by atoms with E-state index in [0.29, 0.717) is 17.3 Å². The van der Waals surface area contributed by atoms with Crippen LogP contribution >= 0.6 is 0 Å². The first-order chi connectivity index (χ1) is 13.6. The number of fused-ring (bicyclic) bond motifs is 2. The molecule has 4 heterocycles. The average molecular weight is 378 g/mol. The van der Waals surface area contributed by atoms with Gasteiger partial charge in [0.05, 0.1) is 17.4 Å². The minimum Gasteiger partial charge on any atom is -0.365 e. The number of halogens is 1. The third-order valence-corrected chi connectivity index (χ3v) is 5.59. The van der Waals surface area contributed by atoms with Crippen molar-refractivity contribution in [2.45, 2.75) is 18.5 Å². The summed E-state index contributed by atoms with van der Waals surface area (Å²) in [6.45, 7) is 1.52. The van der Waals surface area contributed by atoms with Crippen molar-refractivity contribution < 1.29 is 4.39 Å². The smallest absolute Gasteiger partial charge is 0.255 e. The van der Waals surface area contributed by atoms with E-state index < -0.39 is 0 Å². The molecule has 2 atom stereocenters. The van der Waals surface area contributed by atoms with Crippen molar-refractivity contribution in [3.8, 4) is 11.4 Å². The van der Waals surface area contributed by atoms with Crippen LogP contribution in [0.5, 0.6) is 0 Å². The number of aromatic nitrogens is 4. The Hall–Kier alpha value is -3.29. The number of rotatable bonds is 3. The van der Waals surface area contributed by atoms with Crippen molar-refractivity contribution in [1.29, 1.82) is 0 Å². The number of anilines is 2. The molecule has 7 nitrogen and oxygen atoms in total. The molecule has 0 amide bonds. The van der Waals surface area contributed by atoms with E-state index in [4.69, 9.17) is 4.98 Å². The van der Waals surface area contributed by atoms with Crippen LogP contribution in [0.2, 0.25) is 0 Å². The molecule has 3 aromatic rings. The Labute approximate surface area is 161 Å². The lowest BCUT2D eigenvalue weighted by Gasteiger charge is -2.36. The zero-order valence-electron chi connectivity index (χ0n) is 15.4. The first kappa shape index (κ1) is 16.9. The highest BCUT2D eigenvalue weighted by molar-refractivity contribution is 5.58. The first-order valence-corrected chi connectivity index (χ1v) is 9.23. The van der Waals surface area contributed by atoms with Crippen LogP contribution in [0.15, 0.2) is 53.7 Å². The Bertz CT molecular complexity index is 1090. The van der Waals surface area contributed by atoms with Gasteiger partial charge in [-0.25, -0.2) is 19.3 Å². The molecule has 2 bridgehead atoms. The normalized spacial score (nSPS) is 20.8. The van der Waals surface area contributed by atoms with Crippen molar-refractivity contribution in [3.63, 3.8) is 0 Å². The highest BCUT2D eigenvalue weighted by atomic mass is 19.1. The lowest BCUT2D eigenvalue weighted by Crippen LogP contribution is -2.48. The van der Waals surface area contributed by atoms with Gasteiger partial charge in [0.1, 0.15) is 12.1 Å². The lowest BCUT2D eigenvalue weighted by atomic mass is 10.2. The van der Waals surface area contributed by atoms with Crippen LogP contribution < -0.4 is 15.4 Å². The number of hydrogen-bond acceptors (Lipinski definition) is 6. The lowest BCUT2D eigenvalue weighted by molar-refractivity contribution is 0.606. The molecule has 0 aliphatic carbocycles. The second-order valence-corrected chi connectivity index (χ2v) is 7.26. The van der Waals surface area contributed by atoms with Crippen LogP contribution in [0.4, 0.5) is 16.0 Å². The summed E-state index contributed by atoms with van der Waals surface area (Å²) in [7, 11) is 1.74. The number of piperazine rings is 1. The third kappa shape index (κ3) is 2.72. The van der Waals surface area contributed by atoms with E-state index in [1.54, 1.807) is 36.0 Å². The predicted molar refractivity (Wildman–Crippen MR) is 104 cm³/mol. The van der Waals surface area contributed by atoms with Crippen LogP contribution in [0.25, 0.3) is 11.4 Å². The van der Waals surface area contributed by atoms with Gasteiger partial charge in [-0.2, -0.15) is 0 Å². The van der Waals surface area contributed by atoms with E-state index >= 15 is 0 Å². The molecule has 1 aromatic carbocycles.